The lowest BCUT2D eigenvalue weighted by atomic mass is 10.0. The van der Waals surface area contributed by atoms with Crippen LogP contribution in [0.25, 0.3) is 33.2 Å². The molecule has 0 atom stereocenters. The van der Waals surface area contributed by atoms with E-state index in [2.05, 4.69) is 45.7 Å². The molecule has 5 aromatic rings. The maximum absolute atomic E-state index is 6.54. The van der Waals surface area contributed by atoms with Crippen molar-refractivity contribution in [1.29, 1.82) is 0 Å². The van der Waals surface area contributed by atoms with Gasteiger partial charge in [0.25, 0.3) is 0 Å². The van der Waals surface area contributed by atoms with E-state index in [1.54, 1.807) is 0 Å². The number of nitrogens with zero attached hydrogens (tertiary/aromatic N) is 4. The van der Waals surface area contributed by atoms with Crippen molar-refractivity contribution in [1.82, 2.24) is 19.5 Å². The van der Waals surface area contributed by atoms with E-state index in [1.807, 2.05) is 36.5 Å². The largest absolute Gasteiger partial charge is 0.383 e. The fourth-order valence-corrected chi connectivity index (χ4v) is 3.96. The maximum atomic E-state index is 6.54. The second-order valence-corrected chi connectivity index (χ2v) is 7.47. The van der Waals surface area contributed by atoms with E-state index in [9.17, 15) is 0 Å². The van der Waals surface area contributed by atoms with Gasteiger partial charge >= 0.3 is 0 Å². The van der Waals surface area contributed by atoms with E-state index in [0.717, 1.165) is 44.3 Å². The van der Waals surface area contributed by atoms with Crippen LogP contribution in [0, 0.1) is 6.92 Å². The van der Waals surface area contributed by atoms with Crippen molar-refractivity contribution in [2.24, 2.45) is 0 Å². The minimum atomic E-state index is 0.479. The van der Waals surface area contributed by atoms with Gasteiger partial charge in [-0.25, -0.2) is 15.0 Å². The van der Waals surface area contributed by atoms with E-state index in [1.165, 1.54) is 6.33 Å². The SMILES string of the molecule is Cc1cccc2cc(Cn3ccc4c(N)ncnc43)c(-c3ccccc3Cl)nc12. The fraction of sp³-hybridized carbons (Fsp3) is 0.0870. The van der Waals surface area contributed by atoms with Crippen molar-refractivity contribution in [3.05, 3.63) is 83.3 Å². The number of aromatic nitrogens is 4. The summed E-state index contributed by atoms with van der Waals surface area (Å²) in [5, 5.41) is 2.62. The smallest absolute Gasteiger partial charge is 0.145 e. The molecule has 0 aliphatic heterocycles. The molecule has 6 heteroatoms. The highest BCUT2D eigenvalue weighted by molar-refractivity contribution is 6.33. The summed E-state index contributed by atoms with van der Waals surface area (Å²) in [6.07, 6.45) is 3.47. The molecule has 0 saturated carbocycles. The summed E-state index contributed by atoms with van der Waals surface area (Å²) in [4.78, 5) is 13.5. The first-order chi connectivity index (χ1) is 14.1. The molecule has 0 fully saturated rings. The average Bonchev–Trinajstić information content (AvgIpc) is 3.13. The van der Waals surface area contributed by atoms with Gasteiger partial charge in [-0.15, -0.1) is 0 Å². The number of halogens is 1. The van der Waals surface area contributed by atoms with Crippen LogP contribution in [0.4, 0.5) is 5.82 Å². The quantitative estimate of drug-likeness (QED) is 0.450. The van der Waals surface area contributed by atoms with Gasteiger partial charge in [-0.2, -0.15) is 0 Å². The molecular formula is C23H18ClN5. The lowest BCUT2D eigenvalue weighted by molar-refractivity contribution is 0.823. The van der Waals surface area contributed by atoms with Gasteiger partial charge < -0.3 is 10.3 Å². The Labute approximate surface area is 172 Å². The molecule has 0 aliphatic rings. The number of anilines is 1. The minimum absolute atomic E-state index is 0.479. The van der Waals surface area contributed by atoms with Gasteiger partial charge in [0.2, 0.25) is 0 Å². The topological polar surface area (TPSA) is 69.6 Å². The van der Waals surface area contributed by atoms with Crippen LogP contribution in [0.5, 0.6) is 0 Å². The van der Waals surface area contributed by atoms with Crippen LogP contribution in [-0.2, 0) is 6.54 Å². The summed E-state index contributed by atoms with van der Waals surface area (Å²) in [6, 6.07) is 18.1. The number of aryl methyl sites for hydroxylation is 1. The third-order valence-electron chi connectivity index (χ3n) is 5.18. The molecule has 142 valence electrons. The molecule has 0 amide bonds. The van der Waals surface area contributed by atoms with E-state index in [-0.39, 0.29) is 0 Å². The van der Waals surface area contributed by atoms with Crippen LogP contribution in [0.2, 0.25) is 5.02 Å². The molecule has 29 heavy (non-hydrogen) atoms. The number of para-hydroxylation sites is 1. The van der Waals surface area contributed by atoms with Crippen LogP contribution in [0.15, 0.2) is 67.1 Å². The molecule has 0 spiro atoms. The van der Waals surface area contributed by atoms with Crippen molar-refractivity contribution in [3.8, 4) is 11.3 Å². The van der Waals surface area contributed by atoms with E-state index in [4.69, 9.17) is 22.3 Å². The molecule has 0 unspecified atom stereocenters. The summed E-state index contributed by atoms with van der Waals surface area (Å²) in [6.45, 7) is 2.67. The Bertz CT molecular complexity index is 1370. The molecule has 2 aromatic carbocycles. The molecule has 5 nitrogen and oxygen atoms in total. The van der Waals surface area contributed by atoms with Gasteiger partial charge in [0.1, 0.15) is 17.8 Å². The average molecular weight is 400 g/mol. The first kappa shape index (κ1) is 17.6. The molecular weight excluding hydrogens is 382 g/mol. The minimum Gasteiger partial charge on any atom is -0.383 e. The second-order valence-electron chi connectivity index (χ2n) is 7.06. The predicted octanol–water partition coefficient (Wildman–Crippen LogP) is 5.24. The second kappa shape index (κ2) is 6.87. The standard InChI is InChI=1S/C23H18ClN5/c1-14-5-4-6-15-11-16(12-29-10-9-18-22(25)26-13-27-23(18)29)21(28-20(14)15)17-7-2-3-8-19(17)24/h2-11,13H,12H2,1H3,(H2,25,26,27). The highest BCUT2D eigenvalue weighted by Crippen LogP contribution is 2.33. The summed E-state index contributed by atoms with van der Waals surface area (Å²) in [7, 11) is 0. The number of hydrogen-bond acceptors (Lipinski definition) is 4. The van der Waals surface area contributed by atoms with Crippen LogP contribution in [-0.4, -0.2) is 19.5 Å². The Kier molecular flexibility index (Phi) is 4.18. The summed E-state index contributed by atoms with van der Waals surface area (Å²) in [5.41, 5.74) is 11.8. The van der Waals surface area contributed by atoms with Crippen LogP contribution in [0.1, 0.15) is 11.1 Å². The summed E-state index contributed by atoms with van der Waals surface area (Å²) in [5.74, 6) is 0.479. The monoisotopic (exact) mass is 399 g/mol. The summed E-state index contributed by atoms with van der Waals surface area (Å²) >= 11 is 6.54. The van der Waals surface area contributed by atoms with E-state index < -0.39 is 0 Å². The van der Waals surface area contributed by atoms with Crippen molar-refractivity contribution >= 4 is 39.4 Å². The van der Waals surface area contributed by atoms with Gasteiger partial charge in [-0.3, -0.25) is 0 Å². The Hall–Kier alpha value is -3.44. The molecule has 2 N–H and O–H groups in total. The number of pyridine rings is 1. The fourth-order valence-electron chi connectivity index (χ4n) is 3.73. The van der Waals surface area contributed by atoms with Gasteiger partial charge in [0, 0.05) is 22.2 Å². The van der Waals surface area contributed by atoms with Crippen molar-refractivity contribution < 1.29 is 0 Å². The Morgan fingerprint density at radius 1 is 1.03 bits per heavy atom. The number of rotatable bonds is 3. The summed E-state index contributed by atoms with van der Waals surface area (Å²) < 4.78 is 2.06. The maximum Gasteiger partial charge on any atom is 0.145 e. The molecule has 0 aliphatic carbocycles. The van der Waals surface area contributed by atoms with Crippen molar-refractivity contribution in [2.45, 2.75) is 13.5 Å². The Morgan fingerprint density at radius 2 is 1.90 bits per heavy atom. The zero-order valence-electron chi connectivity index (χ0n) is 15.8. The third-order valence-corrected chi connectivity index (χ3v) is 5.51. The van der Waals surface area contributed by atoms with Crippen molar-refractivity contribution in [3.63, 3.8) is 0 Å². The zero-order valence-corrected chi connectivity index (χ0v) is 16.6. The molecule has 0 bridgehead atoms. The van der Waals surface area contributed by atoms with E-state index >= 15 is 0 Å². The zero-order chi connectivity index (χ0) is 20.0. The highest BCUT2D eigenvalue weighted by Gasteiger charge is 2.15. The first-order valence-electron chi connectivity index (χ1n) is 9.31. The number of benzene rings is 2. The molecule has 3 heterocycles. The van der Waals surface area contributed by atoms with Crippen LogP contribution >= 0.6 is 11.6 Å². The van der Waals surface area contributed by atoms with Gasteiger partial charge in [0.05, 0.1) is 23.1 Å². The first-order valence-corrected chi connectivity index (χ1v) is 9.69. The Balaban J connectivity index is 1.74. The molecule has 0 saturated heterocycles. The third kappa shape index (κ3) is 3.00. The van der Waals surface area contributed by atoms with Crippen LogP contribution in [0.3, 0.4) is 0 Å². The van der Waals surface area contributed by atoms with Crippen molar-refractivity contribution in [2.75, 3.05) is 5.73 Å². The number of nitrogen functional groups attached to an aromatic ring is 1. The van der Waals surface area contributed by atoms with Crippen LogP contribution < -0.4 is 5.73 Å². The van der Waals surface area contributed by atoms with Gasteiger partial charge in [0.15, 0.2) is 0 Å². The van der Waals surface area contributed by atoms with Gasteiger partial charge in [-0.1, -0.05) is 48.0 Å². The molecule has 5 rings (SSSR count). The highest BCUT2D eigenvalue weighted by atomic mass is 35.5. The normalized spacial score (nSPS) is 11.4. The number of nitrogens with two attached hydrogens (primary N) is 1. The lowest BCUT2D eigenvalue weighted by Gasteiger charge is -2.14. The molecule has 3 aromatic heterocycles. The number of hydrogen-bond donors (Lipinski definition) is 1. The lowest BCUT2D eigenvalue weighted by Crippen LogP contribution is -2.04. The number of fused-ring (bicyclic) bond motifs is 2. The molecule has 0 radical (unpaired) electrons. The van der Waals surface area contributed by atoms with E-state index in [0.29, 0.717) is 17.4 Å². The Morgan fingerprint density at radius 3 is 2.76 bits per heavy atom. The van der Waals surface area contributed by atoms with Gasteiger partial charge in [-0.05, 0) is 36.2 Å². The predicted molar refractivity (Wildman–Crippen MR) is 118 cm³/mol.